The molecule has 3 aromatic rings. The second-order valence-corrected chi connectivity index (χ2v) is 6.76. The molecule has 1 aliphatic heterocycles. The maximum atomic E-state index is 13.4. The van der Waals surface area contributed by atoms with E-state index in [1.54, 1.807) is 7.11 Å². The van der Waals surface area contributed by atoms with Gasteiger partial charge in [-0.25, -0.2) is 0 Å². The number of aromatic nitrogens is 1. The Labute approximate surface area is 148 Å². The summed E-state index contributed by atoms with van der Waals surface area (Å²) in [5.74, 6) is 1.37. The van der Waals surface area contributed by atoms with E-state index in [1.165, 1.54) is 11.2 Å². The van der Waals surface area contributed by atoms with Crippen molar-refractivity contribution in [1.82, 2.24) is 4.57 Å². The van der Waals surface area contributed by atoms with Gasteiger partial charge in [0.15, 0.2) is 5.78 Å². The van der Waals surface area contributed by atoms with Gasteiger partial charge < -0.3 is 9.30 Å². The van der Waals surface area contributed by atoms with Gasteiger partial charge in [-0.1, -0.05) is 31.5 Å². The van der Waals surface area contributed by atoms with Gasteiger partial charge in [0.25, 0.3) is 0 Å². The molecular formula is C22H23NO2. The molecule has 128 valence electrons. The Hall–Kier alpha value is -2.55. The van der Waals surface area contributed by atoms with Crippen molar-refractivity contribution < 1.29 is 9.53 Å². The second kappa shape index (κ2) is 6.40. The number of carbonyl (C=O) groups is 1. The van der Waals surface area contributed by atoms with Crippen molar-refractivity contribution in [2.45, 2.75) is 38.6 Å². The monoisotopic (exact) mass is 333 g/mol. The lowest BCUT2D eigenvalue weighted by atomic mass is 9.91. The molecule has 25 heavy (non-hydrogen) atoms. The molecule has 2 heterocycles. The Morgan fingerprint density at radius 3 is 2.64 bits per heavy atom. The summed E-state index contributed by atoms with van der Waals surface area (Å²) in [6.07, 6.45) is 3.42. The summed E-state index contributed by atoms with van der Waals surface area (Å²) < 4.78 is 7.58. The molecule has 1 aromatic heterocycles. The number of methoxy groups -OCH3 is 1. The topological polar surface area (TPSA) is 31.2 Å². The highest BCUT2D eigenvalue weighted by Crippen LogP contribution is 2.41. The first-order chi connectivity index (χ1) is 12.2. The van der Waals surface area contributed by atoms with Gasteiger partial charge in [-0.2, -0.15) is 0 Å². The maximum Gasteiger partial charge on any atom is 0.195 e. The van der Waals surface area contributed by atoms with Crippen molar-refractivity contribution in [2.24, 2.45) is 0 Å². The number of hydrogen-bond acceptors (Lipinski definition) is 2. The summed E-state index contributed by atoms with van der Waals surface area (Å²) in [7, 11) is 1.64. The van der Waals surface area contributed by atoms with Crippen molar-refractivity contribution in [3.05, 3.63) is 65.4 Å². The highest BCUT2D eigenvalue weighted by atomic mass is 16.5. The molecule has 0 bridgehead atoms. The predicted molar refractivity (Wildman–Crippen MR) is 101 cm³/mol. The Kier molecular flexibility index (Phi) is 4.08. The zero-order valence-electron chi connectivity index (χ0n) is 14.8. The fourth-order valence-electron chi connectivity index (χ4n) is 4.17. The highest BCUT2D eigenvalue weighted by Gasteiger charge is 2.31. The van der Waals surface area contributed by atoms with Gasteiger partial charge in [-0.15, -0.1) is 0 Å². The minimum atomic E-state index is 0.121. The third-order valence-electron chi connectivity index (χ3n) is 5.32. The molecule has 1 atom stereocenters. The number of ketones is 1. The first-order valence-corrected chi connectivity index (χ1v) is 9.04. The zero-order valence-corrected chi connectivity index (χ0v) is 14.8. The van der Waals surface area contributed by atoms with Gasteiger partial charge in [0, 0.05) is 34.6 Å². The molecule has 0 unspecified atom stereocenters. The van der Waals surface area contributed by atoms with Gasteiger partial charge in [0.05, 0.1) is 12.7 Å². The van der Waals surface area contributed by atoms with Crippen LogP contribution < -0.4 is 4.74 Å². The van der Waals surface area contributed by atoms with E-state index in [0.29, 0.717) is 5.92 Å². The van der Waals surface area contributed by atoms with E-state index in [0.717, 1.165) is 48.1 Å². The number of ether oxygens (including phenoxy) is 1. The summed E-state index contributed by atoms with van der Waals surface area (Å²) >= 11 is 0. The molecule has 0 amide bonds. The van der Waals surface area contributed by atoms with Gasteiger partial charge in [0.1, 0.15) is 5.75 Å². The van der Waals surface area contributed by atoms with Gasteiger partial charge in [-0.3, -0.25) is 4.79 Å². The van der Waals surface area contributed by atoms with Crippen LogP contribution in [-0.4, -0.2) is 17.5 Å². The normalized spacial score (nSPS) is 16.2. The summed E-state index contributed by atoms with van der Waals surface area (Å²) in [5, 5.41) is 1.08. The molecule has 0 N–H and O–H groups in total. The van der Waals surface area contributed by atoms with Crippen LogP contribution in [0.1, 0.15) is 53.7 Å². The molecule has 0 saturated heterocycles. The third kappa shape index (κ3) is 2.55. The van der Waals surface area contributed by atoms with Gasteiger partial charge in [-0.05, 0) is 43.2 Å². The fourth-order valence-corrected chi connectivity index (χ4v) is 4.17. The highest BCUT2D eigenvalue weighted by molar-refractivity contribution is 6.17. The number of nitrogens with zero attached hydrogens (tertiary/aromatic N) is 1. The lowest BCUT2D eigenvalue weighted by molar-refractivity contribution is 0.103. The van der Waals surface area contributed by atoms with E-state index < -0.39 is 0 Å². The second-order valence-electron chi connectivity index (χ2n) is 6.76. The molecule has 2 aromatic carbocycles. The summed E-state index contributed by atoms with van der Waals surface area (Å²) in [6.45, 7) is 3.23. The van der Waals surface area contributed by atoms with Crippen molar-refractivity contribution in [3.8, 4) is 5.75 Å². The number of aryl methyl sites for hydroxylation is 1. The van der Waals surface area contributed by atoms with E-state index in [-0.39, 0.29) is 5.78 Å². The minimum absolute atomic E-state index is 0.121. The number of hydrogen-bond donors (Lipinski definition) is 0. The Morgan fingerprint density at radius 1 is 1.16 bits per heavy atom. The summed E-state index contributed by atoms with van der Waals surface area (Å²) in [6, 6.07) is 15.7. The van der Waals surface area contributed by atoms with Crippen LogP contribution in [0.4, 0.5) is 0 Å². The van der Waals surface area contributed by atoms with Crippen molar-refractivity contribution in [2.75, 3.05) is 7.11 Å². The molecule has 1 aliphatic rings. The van der Waals surface area contributed by atoms with Crippen LogP contribution in [0.2, 0.25) is 0 Å². The molecule has 0 fully saturated rings. The molecule has 3 heteroatoms. The molecule has 0 radical (unpaired) electrons. The maximum absolute atomic E-state index is 13.4. The van der Waals surface area contributed by atoms with Crippen LogP contribution in [0.5, 0.6) is 5.75 Å². The number of para-hydroxylation sites is 1. The average Bonchev–Trinajstić information content (AvgIpc) is 3.20. The smallest absolute Gasteiger partial charge is 0.195 e. The van der Waals surface area contributed by atoms with Gasteiger partial charge in [0.2, 0.25) is 0 Å². The van der Waals surface area contributed by atoms with E-state index >= 15 is 0 Å². The Balaban J connectivity index is 1.88. The molecule has 0 spiro atoms. The molecule has 0 saturated carbocycles. The van der Waals surface area contributed by atoms with E-state index in [4.69, 9.17) is 4.74 Å². The third-order valence-corrected chi connectivity index (χ3v) is 5.32. The molecule has 0 aliphatic carbocycles. The average molecular weight is 333 g/mol. The van der Waals surface area contributed by atoms with E-state index in [9.17, 15) is 4.79 Å². The van der Waals surface area contributed by atoms with Crippen LogP contribution in [0.25, 0.3) is 10.9 Å². The molecule has 3 nitrogen and oxygen atoms in total. The Morgan fingerprint density at radius 2 is 1.92 bits per heavy atom. The van der Waals surface area contributed by atoms with Crippen molar-refractivity contribution >= 4 is 16.7 Å². The molecular weight excluding hydrogens is 310 g/mol. The van der Waals surface area contributed by atoms with Crippen LogP contribution in [0.3, 0.4) is 0 Å². The van der Waals surface area contributed by atoms with Crippen molar-refractivity contribution in [1.29, 1.82) is 0 Å². The quantitative estimate of drug-likeness (QED) is 0.603. The number of carbonyl (C=O) groups excluding carboxylic acids is 1. The number of fused-ring (bicyclic) bond motifs is 3. The summed E-state index contributed by atoms with van der Waals surface area (Å²) in [4.78, 5) is 13.4. The lowest BCUT2D eigenvalue weighted by Crippen LogP contribution is -2.07. The fraction of sp³-hybridized carbons (Fsp3) is 0.318. The Bertz CT molecular complexity index is 921. The van der Waals surface area contributed by atoms with Crippen LogP contribution >= 0.6 is 0 Å². The van der Waals surface area contributed by atoms with Crippen molar-refractivity contribution in [3.63, 3.8) is 0 Å². The SMILES string of the molecule is CCC[C@@H]1CCn2c1c(C(=O)c1ccc(OC)cc1)c1ccccc12. The van der Waals surface area contributed by atoms with Crippen LogP contribution in [-0.2, 0) is 6.54 Å². The van der Waals surface area contributed by atoms with Crippen LogP contribution in [0, 0.1) is 0 Å². The standard InChI is InChI=1S/C22H23NO2/c1-3-6-15-13-14-23-19-8-5-4-7-18(19)20(21(15)23)22(24)16-9-11-17(25-2)12-10-16/h4-5,7-12,15H,3,6,13-14H2,1-2H3/t15-/m1/s1. The predicted octanol–water partition coefficient (Wildman–Crippen LogP) is 5.17. The van der Waals surface area contributed by atoms with Crippen LogP contribution in [0.15, 0.2) is 48.5 Å². The number of benzene rings is 2. The zero-order chi connectivity index (χ0) is 17.4. The number of rotatable bonds is 5. The molecule has 4 rings (SSSR count). The summed E-state index contributed by atoms with van der Waals surface area (Å²) in [5.41, 5.74) is 4.05. The first-order valence-electron chi connectivity index (χ1n) is 9.04. The van der Waals surface area contributed by atoms with Gasteiger partial charge >= 0.3 is 0 Å². The first kappa shape index (κ1) is 15.9. The van der Waals surface area contributed by atoms with E-state index in [1.807, 2.05) is 30.3 Å². The minimum Gasteiger partial charge on any atom is -0.497 e. The van der Waals surface area contributed by atoms with E-state index in [2.05, 4.69) is 29.7 Å². The largest absolute Gasteiger partial charge is 0.497 e. The lowest BCUT2D eigenvalue weighted by Gasteiger charge is -2.11.